The molecule has 1 aliphatic rings. The van der Waals surface area contributed by atoms with Crippen molar-refractivity contribution in [3.8, 4) is 0 Å². The molecule has 0 spiro atoms. The first-order chi connectivity index (χ1) is 8.76. The second-order valence-corrected chi connectivity index (χ2v) is 5.65. The third kappa shape index (κ3) is 3.47. The first kappa shape index (κ1) is 13.9. The van der Waals surface area contributed by atoms with Crippen molar-refractivity contribution < 1.29 is 4.74 Å². The summed E-state index contributed by atoms with van der Waals surface area (Å²) < 4.78 is 5.62. The summed E-state index contributed by atoms with van der Waals surface area (Å²) in [5.74, 6) is 0. The summed E-state index contributed by atoms with van der Waals surface area (Å²) in [5.41, 5.74) is 1.46. The maximum atomic E-state index is 6.26. The molecule has 1 aromatic carbocycles. The van der Waals surface area contributed by atoms with E-state index in [1.807, 2.05) is 12.1 Å². The van der Waals surface area contributed by atoms with E-state index in [9.17, 15) is 0 Å². The van der Waals surface area contributed by atoms with Gasteiger partial charge in [0, 0.05) is 23.6 Å². The van der Waals surface area contributed by atoms with Gasteiger partial charge in [0.2, 0.25) is 0 Å². The van der Waals surface area contributed by atoms with Gasteiger partial charge in [0.25, 0.3) is 0 Å². The van der Waals surface area contributed by atoms with Gasteiger partial charge in [0.15, 0.2) is 0 Å². The average molecular weight is 268 g/mol. The van der Waals surface area contributed by atoms with Crippen molar-refractivity contribution in [1.29, 1.82) is 0 Å². The number of nitrogens with one attached hydrogen (secondary N) is 1. The van der Waals surface area contributed by atoms with E-state index in [1.165, 1.54) is 12.0 Å². The summed E-state index contributed by atoms with van der Waals surface area (Å²) in [7, 11) is 0. The highest BCUT2D eigenvalue weighted by Crippen LogP contribution is 2.34. The molecule has 0 aromatic heterocycles. The molecule has 0 aliphatic carbocycles. The topological polar surface area (TPSA) is 21.3 Å². The van der Waals surface area contributed by atoms with E-state index in [2.05, 4.69) is 24.4 Å². The van der Waals surface area contributed by atoms with Crippen LogP contribution in [0.15, 0.2) is 24.3 Å². The summed E-state index contributed by atoms with van der Waals surface area (Å²) >= 11 is 6.26. The molecule has 0 saturated carbocycles. The van der Waals surface area contributed by atoms with E-state index in [1.54, 1.807) is 0 Å². The molecule has 0 amide bonds. The second kappa shape index (κ2) is 6.55. The smallest absolute Gasteiger partial charge is 0.0538 e. The fourth-order valence-electron chi connectivity index (χ4n) is 2.57. The molecule has 1 fully saturated rings. The lowest BCUT2D eigenvalue weighted by Gasteiger charge is -2.28. The van der Waals surface area contributed by atoms with Gasteiger partial charge in [-0.15, -0.1) is 0 Å². The summed E-state index contributed by atoms with van der Waals surface area (Å²) in [6, 6.07) is 8.14. The van der Waals surface area contributed by atoms with Gasteiger partial charge in [0.1, 0.15) is 0 Å². The minimum Gasteiger partial charge on any atom is -0.381 e. The van der Waals surface area contributed by atoms with Crippen LogP contribution in [0.25, 0.3) is 0 Å². The van der Waals surface area contributed by atoms with Crippen molar-refractivity contribution in [3.63, 3.8) is 0 Å². The molecular formula is C15H22ClNO. The van der Waals surface area contributed by atoms with Gasteiger partial charge in [-0.25, -0.2) is 0 Å². The Kier molecular flexibility index (Phi) is 5.04. The Morgan fingerprint density at radius 1 is 1.39 bits per heavy atom. The Balaban J connectivity index is 2.04. The van der Waals surface area contributed by atoms with E-state index < -0.39 is 0 Å². The molecule has 1 aromatic rings. The monoisotopic (exact) mass is 267 g/mol. The van der Waals surface area contributed by atoms with E-state index in [-0.39, 0.29) is 5.41 Å². The molecule has 2 rings (SSSR count). The second-order valence-electron chi connectivity index (χ2n) is 5.25. The number of ether oxygens (including phenoxy) is 1. The fourth-order valence-corrected chi connectivity index (χ4v) is 2.77. The van der Waals surface area contributed by atoms with Crippen LogP contribution in [0.5, 0.6) is 0 Å². The molecule has 0 bridgehead atoms. The average Bonchev–Trinajstić information content (AvgIpc) is 2.82. The molecule has 1 saturated heterocycles. The van der Waals surface area contributed by atoms with Gasteiger partial charge in [0.05, 0.1) is 6.61 Å². The van der Waals surface area contributed by atoms with Gasteiger partial charge in [-0.05, 0) is 37.4 Å². The number of hydrogen-bond donors (Lipinski definition) is 1. The van der Waals surface area contributed by atoms with Gasteiger partial charge in [-0.3, -0.25) is 0 Å². The van der Waals surface area contributed by atoms with Crippen LogP contribution in [-0.4, -0.2) is 26.3 Å². The van der Waals surface area contributed by atoms with Gasteiger partial charge in [-0.1, -0.05) is 36.7 Å². The zero-order valence-electron chi connectivity index (χ0n) is 11.0. The molecule has 100 valence electrons. The Bertz CT molecular complexity index is 375. The Hall–Kier alpha value is -0.570. The van der Waals surface area contributed by atoms with Crippen molar-refractivity contribution in [2.45, 2.75) is 26.2 Å². The number of hydrogen-bond acceptors (Lipinski definition) is 2. The van der Waals surface area contributed by atoms with Crippen LogP contribution in [0.1, 0.15) is 25.3 Å². The quantitative estimate of drug-likeness (QED) is 0.799. The maximum absolute atomic E-state index is 6.26. The number of rotatable bonds is 6. The predicted octanol–water partition coefficient (Wildman–Crippen LogP) is 3.29. The normalized spacial score (nSPS) is 23.4. The zero-order valence-corrected chi connectivity index (χ0v) is 11.8. The molecule has 1 atom stereocenters. The molecule has 1 N–H and O–H groups in total. The SMILES string of the molecule is CCCNCC1(Cc2ccccc2Cl)CCOC1. The lowest BCUT2D eigenvalue weighted by Crippen LogP contribution is -2.37. The van der Waals surface area contributed by atoms with E-state index in [0.29, 0.717) is 0 Å². The molecule has 18 heavy (non-hydrogen) atoms. The molecule has 3 heteroatoms. The van der Waals surface area contributed by atoms with Gasteiger partial charge in [-0.2, -0.15) is 0 Å². The molecule has 2 nitrogen and oxygen atoms in total. The first-order valence-corrected chi connectivity index (χ1v) is 7.15. The van der Waals surface area contributed by atoms with Crippen molar-refractivity contribution in [3.05, 3.63) is 34.9 Å². The predicted molar refractivity (Wildman–Crippen MR) is 76.2 cm³/mol. The van der Waals surface area contributed by atoms with Gasteiger partial charge >= 0.3 is 0 Å². The summed E-state index contributed by atoms with van der Waals surface area (Å²) in [4.78, 5) is 0. The van der Waals surface area contributed by atoms with E-state index in [0.717, 1.165) is 44.2 Å². The Morgan fingerprint density at radius 3 is 2.89 bits per heavy atom. The molecule has 1 heterocycles. The van der Waals surface area contributed by atoms with Crippen LogP contribution >= 0.6 is 11.6 Å². The molecule has 1 unspecified atom stereocenters. The van der Waals surface area contributed by atoms with E-state index >= 15 is 0 Å². The largest absolute Gasteiger partial charge is 0.381 e. The molecule has 1 aliphatic heterocycles. The highest BCUT2D eigenvalue weighted by atomic mass is 35.5. The van der Waals surface area contributed by atoms with Crippen LogP contribution in [0.4, 0.5) is 0 Å². The Morgan fingerprint density at radius 2 is 2.22 bits per heavy atom. The van der Waals surface area contributed by atoms with Crippen molar-refractivity contribution >= 4 is 11.6 Å². The molecular weight excluding hydrogens is 246 g/mol. The summed E-state index contributed by atoms with van der Waals surface area (Å²) in [6.45, 7) is 6.00. The lowest BCUT2D eigenvalue weighted by molar-refractivity contribution is 0.149. The zero-order chi connectivity index (χ0) is 12.8. The van der Waals surface area contributed by atoms with Crippen molar-refractivity contribution in [1.82, 2.24) is 5.32 Å². The highest BCUT2D eigenvalue weighted by Gasteiger charge is 2.35. The minimum absolute atomic E-state index is 0.222. The first-order valence-electron chi connectivity index (χ1n) is 6.78. The summed E-state index contributed by atoms with van der Waals surface area (Å²) in [5, 5.41) is 4.41. The molecule has 0 radical (unpaired) electrons. The summed E-state index contributed by atoms with van der Waals surface area (Å²) in [6.07, 6.45) is 3.29. The van der Waals surface area contributed by atoms with Gasteiger partial charge < -0.3 is 10.1 Å². The number of benzene rings is 1. The van der Waals surface area contributed by atoms with Crippen molar-refractivity contribution in [2.24, 2.45) is 5.41 Å². The standard InChI is InChI=1S/C15H22ClNO/c1-2-8-17-11-15(7-9-18-12-15)10-13-5-3-4-6-14(13)16/h3-6,17H,2,7-12H2,1H3. The lowest BCUT2D eigenvalue weighted by atomic mass is 9.81. The third-order valence-electron chi connectivity index (χ3n) is 3.64. The van der Waals surface area contributed by atoms with Crippen LogP contribution in [-0.2, 0) is 11.2 Å². The number of halogens is 1. The van der Waals surface area contributed by atoms with Crippen LogP contribution in [0.3, 0.4) is 0 Å². The third-order valence-corrected chi connectivity index (χ3v) is 4.00. The van der Waals surface area contributed by atoms with Crippen LogP contribution < -0.4 is 5.32 Å². The highest BCUT2D eigenvalue weighted by molar-refractivity contribution is 6.31. The van der Waals surface area contributed by atoms with Crippen LogP contribution in [0, 0.1) is 5.41 Å². The Labute approximate surface area is 115 Å². The maximum Gasteiger partial charge on any atom is 0.0538 e. The van der Waals surface area contributed by atoms with E-state index in [4.69, 9.17) is 16.3 Å². The van der Waals surface area contributed by atoms with Crippen molar-refractivity contribution in [2.75, 3.05) is 26.3 Å². The minimum atomic E-state index is 0.222. The van der Waals surface area contributed by atoms with Crippen LogP contribution in [0.2, 0.25) is 5.02 Å². The fraction of sp³-hybridized carbons (Fsp3) is 0.600.